The fourth-order valence-electron chi connectivity index (χ4n) is 2.77. The van der Waals surface area contributed by atoms with E-state index in [4.69, 9.17) is 4.74 Å². The molecule has 1 aromatic rings. The van der Waals surface area contributed by atoms with Crippen LogP contribution in [0.1, 0.15) is 31.9 Å². The Balaban J connectivity index is 1.87. The quantitative estimate of drug-likeness (QED) is 0.867. The molecule has 0 aliphatic carbocycles. The van der Waals surface area contributed by atoms with E-state index in [-0.39, 0.29) is 11.9 Å². The highest BCUT2D eigenvalue weighted by atomic mass is 19.1. The highest BCUT2D eigenvalue weighted by Crippen LogP contribution is 2.23. The van der Waals surface area contributed by atoms with Crippen LogP contribution in [0, 0.1) is 11.7 Å². The first-order chi connectivity index (χ1) is 9.63. The molecule has 0 amide bonds. The molecule has 1 heterocycles. The van der Waals surface area contributed by atoms with E-state index in [0.29, 0.717) is 5.75 Å². The third kappa shape index (κ3) is 3.70. The largest absolute Gasteiger partial charge is 0.494 e. The molecule has 1 aliphatic heterocycles. The summed E-state index contributed by atoms with van der Waals surface area (Å²) in [5, 5.41) is 3.55. The molecule has 2 rings (SSSR count). The fourth-order valence-corrected chi connectivity index (χ4v) is 2.77. The van der Waals surface area contributed by atoms with Crippen LogP contribution in [0.5, 0.6) is 5.75 Å². The predicted octanol–water partition coefficient (Wildman–Crippen LogP) is 2.83. The lowest BCUT2D eigenvalue weighted by Gasteiger charge is -2.19. The van der Waals surface area contributed by atoms with Crippen LogP contribution in [-0.2, 0) is 0 Å². The van der Waals surface area contributed by atoms with E-state index in [9.17, 15) is 4.39 Å². The van der Waals surface area contributed by atoms with Gasteiger partial charge >= 0.3 is 0 Å². The molecule has 1 saturated heterocycles. The van der Waals surface area contributed by atoms with Gasteiger partial charge in [0, 0.05) is 12.6 Å². The molecule has 4 heteroatoms. The number of hydrogen-bond acceptors (Lipinski definition) is 3. The molecule has 0 aromatic heterocycles. The number of nitrogens with zero attached hydrogens (tertiary/aromatic N) is 1. The van der Waals surface area contributed by atoms with Gasteiger partial charge in [0.2, 0.25) is 0 Å². The Bertz CT molecular complexity index is 438. The second-order valence-corrected chi connectivity index (χ2v) is 5.57. The minimum absolute atomic E-state index is 0.208. The van der Waals surface area contributed by atoms with Crippen LogP contribution >= 0.6 is 0 Å². The molecular weight excluding hydrogens is 255 g/mol. The number of hydrogen-bond donors (Lipinski definition) is 1. The van der Waals surface area contributed by atoms with E-state index < -0.39 is 0 Å². The molecule has 3 nitrogen and oxygen atoms in total. The van der Waals surface area contributed by atoms with E-state index >= 15 is 0 Å². The molecule has 0 radical (unpaired) electrons. The van der Waals surface area contributed by atoms with Crippen molar-refractivity contribution >= 4 is 0 Å². The van der Waals surface area contributed by atoms with Crippen LogP contribution in [0.25, 0.3) is 0 Å². The SMILES string of the molecule is CCN1CCC(CNC(C)c2ccc(F)c(OC)c2)C1. The topological polar surface area (TPSA) is 24.5 Å². The van der Waals surface area contributed by atoms with E-state index in [1.807, 2.05) is 6.07 Å². The molecule has 1 aromatic carbocycles. The minimum atomic E-state index is -0.308. The van der Waals surface area contributed by atoms with E-state index in [1.54, 1.807) is 6.07 Å². The first kappa shape index (κ1) is 15.3. The van der Waals surface area contributed by atoms with Gasteiger partial charge in [0.15, 0.2) is 11.6 Å². The lowest BCUT2D eigenvalue weighted by molar-refractivity contribution is 0.336. The van der Waals surface area contributed by atoms with Gasteiger partial charge in [-0.25, -0.2) is 4.39 Å². The van der Waals surface area contributed by atoms with Crippen molar-refractivity contribution in [2.24, 2.45) is 5.92 Å². The van der Waals surface area contributed by atoms with E-state index in [2.05, 4.69) is 24.1 Å². The first-order valence-corrected chi connectivity index (χ1v) is 7.43. The van der Waals surface area contributed by atoms with Crippen LogP contribution in [0.3, 0.4) is 0 Å². The summed E-state index contributed by atoms with van der Waals surface area (Å²) in [6.45, 7) is 8.87. The zero-order chi connectivity index (χ0) is 14.5. The Labute approximate surface area is 121 Å². The maximum atomic E-state index is 13.4. The fraction of sp³-hybridized carbons (Fsp3) is 0.625. The number of ether oxygens (including phenoxy) is 1. The van der Waals surface area contributed by atoms with Crippen molar-refractivity contribution in [3.8, 4) is 5.75 Å². The van der Waals surface area contributed by atoms with Gasteiger partial charge in [-0.1, -0.05) is 13.0 Å². The minimum Gasteiger partial charge on any atom is -0.494 e. The average Bonchev–Trinajstić information content (AvgIpc) is 2.93. The Hall–Kier alpha value is -1.13. The van der Waals surface area contributed by atoms with Crippen LogP contribution < -0.4 is 10.1 Å². The van der Waals surface area contributed by atoms with Gasteiger partial charge in [0.1, 0.15) is 0 Å². The summed E-state index contributed by atoms with van der Waals surface area (Å²) >= 11 is 0. The molecule has 1 aliphatic rings. The van der Waals surface area contributed by atoms with Crippen molar-refractivity contribution in [3.63, 3.8) is 0 Å². The molecule has 1 N–H and O–H groups in total. The predicted molar refractivity (Wildman–Crippen MR) is 79.6 cm³/mol. The Morgan fingerprint density at radius 1 is 1.50 bits per heavy atom. The molecule has 0 bridgehead atoms. The van der Waals surface area contributed by atoms with Gasteiger partial charge in [-0.2, -0.15) is 0 Å². The smallest absolute Gasteiger partial charge is 0.165 e. The van der Waals surface area contributed by atoms with Crippen LogP contribution in [0.2, 0.25) is 0 Å². The number of likely N-dealkylation sites (tertiary alicyclic amines) is 1. The summed E-state index contributed by atoms with van der Waals surface area (Å²) in [6, 6.07) is 5.28. The molecule has 112 valence electrons. The zero-order valence-corrected chi connectivity index (χ0v) is 12.7. The Morgan fingerprint density at radius 2 is 2.30 bits per heavy atom. The van der Waals surface area contributed by atoms with Gasteiger partial charge in [-0.05, 0) is 56.6 Å². The maximum absolute atomic E-state index is 13.4. The molecule has 20 heavy (non-hydrogen) atoms. The maximum Gasteiger partial charge on any atom is 0.165 e. The van der Waals surface area contributed by atoms with E-state index in [0.717, 1.165) is 24.6 Å². The summed E-state index contributed by atoms with van der Waals surface area (Å²) in [5.74, 6) is 0.728. The lowest BCUT2D eigenvalue weighted by Crippen LogP contribution is -2.28. The monoisotopic (exact) mass is 280 g/mol. The molecule has 2 unspecified atom stereocenters. The van der Waals surface area contributed by atoms with Crippen molar-refractivity contribution in [1.29, 1.82) is 0 Å². The van der Waals surface area contributed by atoms with Gasteiger partial charge in [-0.15, -0.1) is 0 Å². The first-order valence-electron chi connectivity index (χ1n) is 7.43. The van der Waals surface area contributed by atoms with Crippen molar-refractivity contribution in [1.82, 2.24) is 10.2 Å². The zero-order valence-electron chi connectivity index (χ0n) is 12.7. The highest BCUT2D eigenvalue weighted by molar-refractivity contribution is 5.31. The second-order valence-electron chi connectivity index (χ2n) is 5.57. The van der Waals surface area contributed by atoms with Crippen LogP contribution in [-0.4, -0.2) is 38.2 Å². The number of halogens is 1. The summed E-state index contributed by atoms with van der Waals surface area (Å²) in [6.07, 6.45) is 1.26. The molecule has 0 saturated carbocycles. The van der Waals surface area contributed by atoms with Gasteiger partial charge in [0.05, 0.1) is 7.11 Å². The number of rotatable bonds is 6. The summed E-state index contributed by atoms with van der Waals surface area (Å²) < 4.78 is 18.4. The normalized spacial score (nSPS) is 21.1. The highest BCUT2D eigenvalue weighted by Gasteiger charge is 2.21. The average molecular weight is 280 g/mol. The summed E-state index contributed by atoms with van der Waals surface area (Å²) in [4.78, 5) is 2.48. The summed E-state index contributed by atoms with van der Waals surface area (Å²) in [5.41, 5.74) is 1.06. The lowest BCUT2D eigenvalue weighted by atomic mass is 10.1. The Kier molecular flexibility index (Phi) is 5.38. The molecule has 1 fully saturated rings. The number of nitrogens with one attached hydrogen (secondary N) is 1. The van der Waals surface area contributed by atoms with Gasteiger partial charge in [0.25, 0.3) is 0 Å². The molecular formula is C16H25FN2O. The number of benzene rings is 1. The standard InChI is InChI=1S/C16H25FN2O/c1-4-19-8-7-13(11-19)10-18-12(2)14-5-6-15(17)16(9-14)20-3/h5-6,9,12-13,18H,4,7-8,10-11H2,1-3H3. The van der Waals surface area contributed by atoms with Crippen LogP contribution in [0.4, 0.5) is 4.39 Å². The number of methoxy groups -OCH3 is 1. The van der Waals surface area contributed by atoms with Crippen molar-refractivity contribution < 1.29 is 9.13 Å². The van der Waals surface area contributed by atoms with Crippen molar-refractivity contribution in [3.05, 3.63) is 29.6 Å². The van der Waals surface area contributed by atoms with Crippen molar-refractivity contribution in [2.75, 3.05) is 33.3 Å². The van der Waals surface area contributed by atoms with Gasteiger partial charge < -0.3 is 15.0 Å². The van der Waals surface area contributed by atoms with Crippen LogP contribution in [0.15, 0.2) is 18.2 Å². The van der Waals surface area contributed by atoms with Crippen molar-refractivity contribution in [2.45, 2.75) is 26.3 Å². The van der Waals surface area contributed by atoms with Gasteiger partial charge in [-0.3, -0.25) is 0 Å². The Morgan fingerprint density at radius 3 is 2.95 bits per heavy atom. The molecule has 2 atom stereocenters. The molecule has 0 spiro atoms. The second kappa shape index (κ2) is 7.04. The third-order valence-corrected chi connectivity index (χ3v) is 4.21. The third-order valence-electron chi connectivity index (χ3n) is 4.21. The summed E-state index contributed by atoms with van der Waals surface area (Å²) in [7, 11) is 1.50. The van der Waals surface area contributed by atoms with E-state index in [1.165, 1.54) is 32.7 Å².